The molecule has 0 unspecified atom stereocenters. The summed E-state index contributed by atoms with van der Waals surface area (Å²) in [5.74, 6) is 1.83. The Labute approximate surface area is 116 Å². The van der Waals surface area contributed by atoms with Crippen molar-refractivity contribution < 1.29 is 4.74 Å². The summed E-state index contributed by atoms with van der Waals surface area (Å²) in [5, 5.41) is 2.94. The fourth-order valence-corrected chi connectivity index (χ4v) is 1.57. The SMILES string of the molecule is C=C(C)c1cnc(NC)cc1Oc1cnc(N)nc1N. The van der Waals surface area contributed by atoms with E-state index in [2.05, 4.69) is 26.8 Å². The summed E-state index contributed by atoms with van der Waals surface area (Å²) < 4.78 is 5.75. The fourth-order valence-electron chi connectivity index (χ4n) is 1.57. The number of ether oxygens (including phenoxy) is 1. The van der Waals surface area contributed by atoms with Crippen LogP contribution in [0.4, 0.5) is 17.6 Å². The van der Waals surface area contributed by atoms with Crippen molar-refractivity contribution in [2.24, 2.45) is 0 Å². The first-order valence-corrected chi connectivity index (χ1v) is 5.90. The van der Waals surface area contributed by atoms with Crippen LogP contribution < -0.4 is 21.5 Å². The molecule has 104 valence electrons. The van der Waals surface area contributed by atoms with Crippen LogP contribution in [0.2, 0.25) is 0 Å². The first-order valence-electron chi connectivity index (χ1n) is 5.90. The van der Waals surface area contributed by atoms with E-state index in [4.69, 9.17) is 16.2 Å². The Hall–Kier alpha value is -2.83. The first-order chi connectivity index (χ1) is 9.51. The first kappa shape index (κ1) is 13.6. The molecule has 0 saturated heterocycles. The normalized spacial score (nSPS) is 10.1. The zero-order chi connectivity index (χ0) is 14.7. The molecule has 0 atom stereocenters. The van der Waals surface area contributed by atoms with Gasteiger partial charge in [0, 0.05) is 24.9 Å². The molecule has 0 radical (unpaired) electrons. The van der Waals surface area contributed by atoms with Gasteiger partial charge < -0.3 is 21.5 Å². The van der Waals surface area contributed by atoms with Crippen LogP contribution >= 0.6 is 0 Å². The molecule has 7 heteroatoms. The number of pyridine rings is 1. The lowest BCUT2D eigenvalue weighted by Crippen LogP contribution is -2.02. The standard InChI is InChI=1S/C13H16N6O/c1-7(2)8-5-17-11(16-3)4-9(8)20-10-6-18-13(15)19-12(10)14/h4-6H,1H2,2-3H3,(H,16,17)(H4,14,15,18,19). The second-order valence-corrected chi connectivity index (χ2v) is 4.18. The van der Waals surface area contributed by atoms with Gasteiger partial charge in [0.1, 0.15) is 11.6 Å². The Morgan fingerprint density at radius 3 is 2.60 bits per heavy atom. The van der Waals surface area contributed by atoms with Crippen molar-refractivity contribution in [3.8, 4) is 11.5 Å². The summed E-state index contributed by atoms with van der Waals surface area (Å²) >= 11 is 0. The maximum atomic E-state index is 5.76. The number of anilines is 3. The van der Waals surface area contributed by atoms with Crippen molar-refractivity contribution in [3.63, 3.8) is 0 Å². The summed E-state index contributed by atoms with van der Waals surface area (Å²) in [6, 6.07) is 1.75. The molecular weight excluding hydrogens is 256 g/mol. The third kappa shape index (κ3) is 2.77. The third-order valence-corrected chi connectivity index (χ3v) is 2.60. The summed E-state index contributed by atoms with van der Waals surface area (Å²) in [5.41, 5.74) is 12.8. The van der Waals surface area contributed by atoms with Crippen molar-refractivity contribution in [2.45, 2.75) is 6.92 Å². The van der Waals surface area contributed by atoms with Crippen LogP contribution in [-0.2, 0) is 0 Å². The maximum Gasteiger partial charge on any atom is 0.222 e. The van der Waals surface area contributed by atoms with Gasteiger partial charge in [-0.15, -0.1) is 0 Å². The quantitative estimate of drug-likeness (QED) is 0.779. The van der Waals surface area contributed by atoms with Gasteiger partial charge in [-0.25, -0.2) is 9.97 Å². The van der Waals surface area contributed by atoms with Crippen molar-refractivity contribution in [1.29, 1.82) is 0 Å². The average molecular weight is 272 g/mol. The molecule has 0 amide bonds. The molecule has 2 heterocycles. The van der Waals surface area contributed by atoms with E-state index in [-0.39, 0.29) is 11.8 Å². The lowest BCUT2D eigenvalue weighted by molar-refractivity contribution is 0.478. The zero-order valence-electron chi connectivity index (χ0n) is 11.3. The topological polar surface area (TPSA) is 112 Å². The van der Waals surface area contributed by atoms with Crippen molar-refractivity contribution in [1.82, 2.24) is 15.0 Å². The molecule has 2 aromatic heterocycles. The number of hydrogen-bond acceptors (Lipinski definition) is 7. The van der Waals surface area contributed by atoms with E-state index in [1.165, 1.54) is 6.20 Å². The van der Waals surface area contributed by atoms with Gasteiger partial charge in [-0.2, -0.15) is 4.98 Å². The van der Waals surface area contributed by atoms with Crippen LogP contribution in [-0.4, -0.2) is 22.0 Å². The average Bonchev–Trinajstić information content (AvgIpc) is 2.41. The van der Waals surface area contributed by atoms with Crippen LogP contribution in [0.15, 0.2) is 25.0 Å². The number of nitrogens with zero attached hydrogens (tertiary/aromatic N) is 3. The molecule has 0 saturated carbocycles. The Kier molecular flexibility index (Phi) is 3.69. The number of nitrogen functional groups attached to an aromatic ring is 2. The van der Waals surface area contributed by atoms with E-state index >= 15 is 0 Å². The molecule has 20 heavy (non-hydrogen) atoms. The van der Waals surface area contributed by atoms with Crippen LogP contribution in [0, 0.1) is 0 Å². The fraction of sp³-hybridized carbons (Fsp3) is 0.154. The molecule has 2 aromatic rings. The van der Waals surface area contributed by atoms with Gasteiger partial charge in [-0.05, 0) is 12.5 Å². The Bertz CT molecular complexity index is 655. The van der Waals surface area contributed by atoms with Crippen molar-refractivity contribution in [2.75, 3.05) is 23.8 Å². The highest BCUT2D eigenvalue weighted by Gasteiger charge is 2.11. The molecule has 0 aliphatic carbocycles. The Morgan fingerprint density at radius 2 is 2.00 bits per heavy atom. The number of rotatable bonds is 4. The van der Waals surface area contributed by atoms with Gasteiger partial charge in [-0.1, -0.05) is 6.58 Å². The summed E-state index contributed by atoms with van der Waals surface area (Å²) in [4.78, 5) is 11.9. The molecule has 7 nitrogen and oxygen atoms in total. The highest BCUT2D eigenvalue weighted by atomic mass is 16.5. The van der Waals surface area contributed by atoms with Crippen LogP contribution in [0.5, 0.6) is 11.5 Å². The van der Waals surface area contributed by atoms with E-state index in [0.717, 1.165) is 11.1 Å². The molecule has 5 N–H and O–H groups in total. The minimum Gasteiger partial charge on any atom is -0.451 e. The minimum atomic E-state index is 0.0978. The second-order valence-electron chi connectivity index (χ2n) is 4.18. The molecule has 2 rings (SSSR count). The third-order valence-electron chi connectivity index (χ3n) is 2.60. The van der Waals surface area contributed by atoms with E-state index in [1.54, 1.807) is 19.3 Å². The lowest BCUT2D eigenvalue weighted by atomic mass is 10.1. The van der Waals surface area contributed by atoms with Gasteiger partial charge >= 0.3 is 0 Å². The highest BCUT2D eigenvalue weighted by molar-refractivity contribution is 5.69. The molecule has 0 aromatic carbocycles. The summed E-state index contributed by atoms with van der Waals surface area (Å²) in [6.07, 6.45) is 3.11. The summed E-state index contributed by atoms with van der Waals surface area (Å²) in [6.45, 7) is 5.76. The van der Waals surface area contributed by atoms with Gasteiger partial charge in [0.2, 0.25) is 5.95 Å². The van der Waals surface area contributed by atoms with Gasteiger partial charge in [0.25, 0.3) is 0 Å². The highest BCUT2D eigenvalue weighted by Crippen LogP contribution is 2.32. The minimum absolute atomic E-state index is 0.0978. The van der Waals surface area contributed by atoms with Gasteiger partial charge in [0.05, 0.1) is 6.20 Å². The number of aromatic nitrogens is 3. The van der Waals surface area contributed by atoms with E-state index in [0.29, 0.717) is 17.3 Å². The largest absolute Gasteiger partial charge is 0.451 e. The predicted octanol–water partition coefficient (Wildman–Crippen LogP) is 1.90. The van der Waals surface area contributed by atoms with Crippen molar-refractivity contribution >= 4 is 23.2 Å². The van der Waals surface area contributed by atoms with E-state index < -0.39 is 0 Å². The molecule has 0 bridgehead atoms. The van der Waals surface area contributed by atoms with Crippen LogP contribution in [0.3, 0.4) is 0 Å². The van der Waals surface area contributed by atoms with Crippen molar-refractivity contribution in [3.05, 3.63) is 30.6 Å². The van der Waals surface area contributed by atoms with Gasteiger partial charge in [0.15, 0.2) is 11.6 Å². The number of nitrogens with two attached hydrogens (primary N) is 2. The van der Waals surface area contributed by atoms with Gasteiger partial charge in [-0.3, -0.25) is 0 Å². The van der Waals surface area contributed by atoms with Crippen LogP contribution in [0.25, 0.3) is 5.57 Å². The Morgan fingerprint density at radius 1 is 1.25 bits per heavy atom. The van der Waals surface area contributed by atoms with E-state index in [1.807, 2.05) is 6.92 Å². The number of nitrogens with one attached hydrogen (secondary N) is 1. The molecule has 0 fully saturated rings. The summed E-state index contributed by atoms with van der Waals surface area (Å²) in [7, 11) is 1.77. The molecular formula is C13H16N6O. The molecule has 0 aliphatic rings. The molecule has 0 aliphatic heterocycles. The maximum absolute atomic E-state index is 5.76. The Balaban J connectivity index is 2.43. The smallest absolute Gasteiger partial charge is 0.222 e. The molecule has 0 spiro atoms. The second kappa shape index (κ2) is 5.43. The number of hydrogen-bond donors (Lipinski definition) is 3. The van der Waals surface area contributed by atoms with E-state index in [9.17, 15) is 0 Å². The predicted molar refractivity (Wildman–Crippen MR) is 79.4 cm³/mol. The zero-order valence-corrected chi connectivity index (χ0v) is 11.3. The number of allylic oxidation sites excluding steroid dienone is 1. The monoisotopic (exact) mass is 272 g/mol. The van der Waals surface area contributed by atoms with Crippen LogP contribution in [0.1, 0.15) is 12.5 Å². The lowest BCUT2D eigenvalue weighted by Gasteiger charge is -2.13.